The normalized spacial score (nSPS) is 19.9. The predicted molar refractivity (Wildman–Crippen MR) is 111 cm³/mol. The number of benzene rings is 1. The van der Waals surface area contributed by atoms with Gasteiger partial charge in [-0.1, -0.05) is 49.9 Å². The fourth-order valence-electron chi connectivity index (χ4n) is 2.61. The van der Waals surface area contributed by atoms with Crippen molar-refractivity contribution < 1.29 is 38.4 Å². The number of halogens is 1. The van der Waals surface area contributed by atoms with E-state index in [0.29, 0.717) is 12.5 Å². The highest BCUT2D eigenvalue weighted by Gasteiger charge is 2.32. The van der Waals surface area contributed by atoms with Gasteiger partial charge in [-0.15, -0.1) is 0 Å². The maximum atomic E-state index is 11.8. The monoisotopic (exact) mass is 424 g/mol. The molecule has 0 bridgehead atoms. The summed E-state index contributed by atoms with van der Waals surface area (Å²) in [4.78, 5) is 31.9. The van der Waals surface area contributed by atoms with Gasteiger partial charge in [-0.3, -0.25) is 14.3 Å². The second kappa shape index (κ2) is 15.1. The molecule has 1 aliphatic heterocycles. The van der Waals surface area contributed by atoms with Gasteiger partial charge in [0.05, 0.1) is 18.8 Å². The van der Waals surface area contributed by atoms with E-state index in [1.807, 2.05) is 30.3 Å². The molecule has 30 heavy (non-hydrogen) atoms. The summed E-state index contributed by atoms with van der Waals surface area (Å²) < 4.78 is 16.3. The smallest absolute Gasteiger partial charge is 0.327 e. The molecule has 1 aliphatic rings. The number of rotatable bonds is 9. The van der Waals surface area contributed by atoms with Gasteiger partial charge >= 0.3 is 11.9 Å². The number of esters is 1. The Balaban J connectivity index is 0.00000125. The molecule has 1 N–H and O–H groups in total. The van der Waals surface area contributed by atoms with E-state index in [1.165, 1.54) is 13.0 Å². The lowest BCUT2D eigenvalue weighted by Crippen LogP contribution is -2.24. The molecule has 3 atom stereocenters. The van der Waals surface area contributed by atoms with Gasteiger partial charge in [0.2, 0.25) is 0 Å². The van der Waals surface area contributed by atoms with Crippen LogP contribution in [0.25, 0.3) is 6.08 Å². The van der Waals surface area contributed by atoms with Gasteiger partial charge in [0.25, 0.3) is 0 Å². The number of carboxylic acid groups (broad SMARTS) is 1. The first-order valence-electron chi connectivity index (χ1n) is 9.29. The van der Waals surface area contributed by atoms with E-state index in [1.54, 1.807) is 6.08 Å². The molecule has 8 heteroatoms. The standard InChI is InChI=1S/C19H24O5.C3H4O2.FH/c1-14-10-18(24-19(14)13-23-15(2)20)12-22-11-17(21)9-8-16-6-4-3-5-7-16;1-2-3(4)5;/h3-9,14,18-19H,10-13H2,1-2H3;2H,1H2,(H,4,5);1H/b9-8+;;/t14-,18-,19?;;/m0../s1. The second-order valence-corrected chi connectivity index (χ2v) is 6.58. The van der Waals surface area contributed by atoms with Crippen molar-refractivity contribution >= 4 is 23.8 Å². The minimum atomic E-state index is -0.981. The topological polar surface area (TPSA) is 99.1 Å². The minimum absolute atomic E-state index is 0. The highest BCUT2D eigenvalue weighted by atomic mass is 19.0. The van der Waals surface area contributed by atoms with Crippen molar-refractivity contribution in [2.45, 2.75) is 32.5 Å². The van der Waals surface area contributed by atoms with Crippen LogP contribution < -0.4 is 0 Å². The van der Waals surface area contributed by atoms with Gasteiger partial charge in [0, 0.05) is 13.0 Å². The first-order chi connectivity index (χ1) is 13.8. The number of hydrogen-bond donors (Lipinski definition) is 1. The summed E-state index contributed by atoms with van der Waals surface area (Å²) in [6.45, 7) is 7.07. The first kappa shape index (κ1) is 27.2. The quantitative estimate of drug-likeness (QED) is 0.480. The molecule has 1 saturated heterocycles. The van der Waals surface area contributed by atoms with Crippen LogP contribution in [0.15, 0.2) is 49.1 Å². The number of ketones is 1. The highest BCUT2D eigenvalue weighted by molar-refractivity contribution is 5.94. The van der Waals surface area contributed by atoms with Crippen LogP contribution in [-0.4, -0.2) is 54.9 Å². The van der Waals surface area contributed by atoms with E-state index in [0.717, 1.165) is 18.1 Å². The van der Waals surface area contributed by atoms with Crippen LogP contribution in [0.2, 0.25) is 0 Å². The van der Waals surface area contributed by atoms with Crippen LogP contribution in [0.5, 0.6) is 0 Å². The van der Waals surface area contributed by atoms with Gasteiger partial charge < -0.3 is 19.3 Å². The van der Waals surface area contributed by atoms with Crippen molar-refractivity contribution in [1.29, 1.82) is 0 Å². The summed E-state index contributed by atoms with van der Waals surface area (Å²) in [6.07, 6.45) is 4.80. The number of carbonyl (C=O) groups is 3. The van der Waals surface area contributed by atoms with Crippen molar-refractivity contribution in [1.82, 2.24) is 0 Å². The zero-order valence-electron chi connectivity index (χ0n) is 17.2. The lowest BCUT2D eigenvalue weighted by atomic mass is 10.0. The Morgan fingerprint density at radius 2 is 1.87 bits per heavy atom. The zero-order valence-corrected chi connectivity index (χ0v) is 17.2. The number of carbonyl (C=O) groups excluding carboxylic acids is 2. The fourth-order valence-corrected chi connectivity index (χ4v) is 2.61. The van der Waals surface area contributed by atoms with Crippen LogP contribution in [0.3, 0.4) is 0 Å². The van der Waals surface area contributed by atoms with Crippen LogP contribution >= 0.6 is 0 Å². The lowest BCUT2D eigenvalue weighted by molar-refractivity contribution is -0.146. The molecule has 166 valence electrons. The maximum absolute atomic E-state index is 11.8. The van der Waals surface area contributed by atoms with Crippen molar-refractivity contribution in [3.05, 3.63) is 54.6 Å². The molecule has 0 aromatic heterocycles. The van der Waals surface area contributed by atoms with Crippen molar-refractivity contribution in [3.8, 4) is 0 Å². The number of aliphatic carboxylic acids is 1. The number of hydrogen-bond acceptors (Lipinski definition) is 6. The van der Waals surface area contributed by atoms with Crippen molar-refractivity contribution in [2.75, 3.05) is 19.8 Å². The Kier molecular flexibility index (Phi) is 13.6. The van der Waals surface area contributed by atoms with Crippen LogP contribution in [-0.2, 0) is 28.6 Å². The Morgan fingerprint density at radius 1 is 1.23 bits per heavy atom. The maximum Gasteiger partial charge on any atom is 0.327 e. The number of ether oxygens (including phenoxy) is 3. The van der Waals surface area contributed by atoms with E-state index < -0.39 is 5.97 Å². The van der Waals surface area contributed by atoms with Gasteiger partial charge in [0.15, 0.2) is 5.78 Å². The Bertz CT molecular complexity index is 703. The van der Waals surface area contributed by atoms with E-state index >= 15 is 0 Å². The highest BCUT2D eigenvalue weighted by Crippen LogP contribution is 2.26. The van der Waals surface area contributed by atoms with Crippen LogP contribution in [0.4, 0.5) is 4.70 Å². The lowest BCUT2D eigenvalue weighted by Gasteiger charge is -2.15. The van der Waals surface area contributed by atoms with Crippen LogP contribution in [0.1, 0.15) is 25.8 Å². The van der Waals surface area contributed by atoms with Gasteiger partial charge in [-0.25, -0.2) is 4.79 Å². The zero-order chi connectivity index (χ0) is 21.6. The number of carboxylic acids is 1. The molecular formula is C22H29FO7. The van der Waals surface area contributed by atoms with Crippen molar-refractivity contribution in [3.63, 3.8) is 0 Å². The van der Waals surface area contributed by atoms with E-state index in [-0.39, 0.29) is 41.9 Å². The predicted octanol–water partition coefficient (Wildman–Crippen LogP) is 3.05. The van der Waals surface area contributed by atoms with Gasteiger partial charge in [0.1, 0.15) is 13.2 Å². The fraction of sp³-hybridized carbons (Fsp3) is 0.409. The van der Waals surface area contributed by atoms with Crippen molar-refractivity contribution in [2.24, 2.45) is 5.92 Å². The average molecular weight is 424 g/mol. The summed E-state index contributed by atoms with van der Waals surface area (Å²) in [7, 11) is 0. The third-order valence-electron chi connectivity index (χ3n) is 4.07. The molecule has 1 aromatic carbocycles. The molecule has 0 amide bonds. The summed E-state index contributed by atoms with van der Waals surface area (Å²) in [5, 5.41) is 7.60. The summed E-state index contributed by atoms with van der Waals surface area (Å²) in [5.74, 6) is -1.07. The molecule has 1 heterocycles. The molecule has 0 saturated carbocycles. The summed E-state index contributed by atoms with van der Waals surface area (Å²) in [5.41, 5.74) is 0.979. The third kappa shape index (κ3) is 11.9. The molecule has 0 aliphatic carbocycles. The van der Waals surface area contributed by atoms with E-state index in [4.69, 9.17) is 19.3 Å². The first-order valence-corrected chi connectivity index (χ1v) is 9.29. The largest absolute Gasteiger partial charge is 0.478 e. The summed E-state index contributed by atoms with van der Waals surface area (Å²) in [6, 6.07) is 9.64. The Morgan fingerprint density at radius 3 is 2.43 bits per heavy atom. The Hall–Kier alpha value is -2.84. The van der Waals surface area contributed by atoms with E-state index in [9.17, 15) is 14.4 Å². The minimum Gasteiger partial charge on any atom is -0.478 e. The third-order valence-corrected chi connectivity index (χ3v) is 4.07. The SMILES string of the molecule is C=CC(=O)O.CC(=O)OCC1O[C@H](COCC(=O)/C=C/c2ccccc2)C[C@@H]1C.F. The molecule has 2 rings (SSSR count). The average Bonchev–Trinajstić information content (AvgIpc) is 3.05. The van der Waals surface area contributed by atoms with Gasteiger partial charge in [-0.2, -0.15) is 0 Å². The molecule has 1 aromatic rings. The molecule has 0 radical (unpaired) electrons. The van der Waals surface area contributed by atoms with Crippen LogP contribution in [0, 0.1) is 5.92 Å². The Labute approximate surface area is 175 Å². The molecule has 7 nitrogen and oxygen atoms in total. The molecule has 0 spiro atoms. The van der Waals surface area contributed by atoms with Gasteiger partial charge in [-0.05, 0) is 24.0 Å². The summed E-state index contributed by atoms with van der Waals surface area (Å²) >= 11 is 0. The molecular weight excluding hydrogens is 395 g/mol. The molecule has 1 fully saturated rings. The second-order valence-electron chi connectivity index (χ2n) is 6.58. The molecule has 1 unspecified atom stereocenters. The van der Waals surface area contributed by atoms with E-state index in [2.05, 4.69) is 13.5 Å².